The summed E-state index contributed by atoms with van der Waals surface area (Å²) in [6.45, 7) is -0.840. The third kappa shape index (κ3) is 14.5. The van der Waals surface area contributed by atoms with Crippen molar-refractivity contribution in [3.05, 3.63) is 0 Å². The average Bonchev–Trinajstić information content (AvgIpc) is 2.93. The number of carboxylic acid groups (broad SMARTS) is 1. The van der Waals surface area contributed by atoms with Gasteiger partial charge >= 0.3 is 5.97 Å². The van der Waals surface area contributed by atoms with Crippen molar-refractivity contribution in [2.24, 2.45) is 22.2 Å². The smallest absolute Gasteiger partial charge is 0.305 e. The Bertz CT molecular complexity index is 1020. The molecule has 1 aliphatic heterocycles. The van der Waals surface area contributed by atoms with Crippen LogP contribution in [0.25, 0.3) is 0 Å². The molecule has 0 spiro atoms. The molecule has 0 aromatic rings. The van der Waals surface area contributed by atoms with E-state index in [0.29, 0.717) is 12.8 Å². The molecule has 42 heavy (non-hydrogen) atoms. The van der Waals surface area contributed by atoms with E-state index in [-0.39, 0.29) is 50.0 Å². The Labute approximate surface area is 247 Å². The zero-order valence-corrected chi connectivity index (χ0v) is 23.9. The Morgan fingerprint density at radius 3 is 2.00 bits per heavy atom. The van der Waals surface area contributed by atoms with Crippen LogP contribution in [0.2, 0.25) is 0 Å². The van der Waals surface area contributed by atoms with E-state index >= 15 is 0 Å². The number of rotatable bonds is 13. The summed E-state index contributed by atoms with van der Waals surface area (Å²) in [6.07, 6.45) is 0.446. The number of nitrogens with one attached hydrogen (secondary N) is 6. The molecule has 236 valence electrons. The first-order valence-electron chi connectivity index (χ1n) is 13.2. The second kappa shape index (κ2) is 19.1. The van der Waals surface area contributed by atoms with Crippen molar-refractivity contribution in [1.82, 2.24) is 31.9 Å². The van der Waals surface area contributed by atoms with E-state index in [4.69, 9.17) is 22.3 Å². The van der Waals surface area contributed by atoms with Crippen LogP contribution in [0.4, 0.5) is 0 Å². The number of nitrogens with two attached hydrogens (primary N) is 3. The lowest BCUT2D eigenvalue weighted by molar-refractivity contribution is -0.140. The number of guanidine groups is 1. The van der Waals surface area contributed by atoms with Gasteiger partial charge in [-0.25, -0.2) is 0 Å². The Kier molecular flexibility index (Phi) is 16.3. The van der Waals surface area contributed by atoms with Crippen LogP contribution in [-0.4, -0.2) is 109 Å². The van der Waals surface area contributed by atoms with Crippen LogP contribution in [-0.2, 0) is 33.6 Å². The fraction of sp³-hybridized carbons (Fsp3) is 0.652. The zero-order chi connectivity index (χ0) is 31.7. The summed E-state index contributed by atoms with van der Waals surface area (Å²) < 4.78 is 0. The summed E-state index contributed by atoms with van der Waals surface area (Å²) >= 11 is 3.96. The first-order chi connectivity index (χ1) is 19.8. The summed E-state index contributed by atoms with van der Waals surface area (Å²) in [5.74, 6) is -5.81. The third-order valence-electron chi connectivity index (χ3n) is 5.86. The van der Waals surface area contributed by atoms with E-state index in [1.807, 2.05) is 0 Å². The lowest BCUT2D eigenvalue weighted by atomic mass is 10.1. The highest BCUT2D eigenvalue weighted by molar-refractivity contribution is 7.80. The minimum Gasteiger partial charge on any atom is -0.481 e. The number of aliphatic imine (C=N–C) groups is 1. The SMILES string of the molecule is NC(N)=NCCC[C@@H]1NC(=O)[C@H](CCCCNC(=O)[C@H](N)CS)NC(=O)CNC(=O)[C@H](CC(=O)O)NC(=O)CNC1=O. The summed E-state index contributed by atoms with van der Waals surface area (Å²) in [6, 6.07) is -4.59. The van der Waals surface area contributed by atoms with E-state index in [2.05, 4.69) is 49.5 Å². The maximum Gasteiger partial charge on any atom is 0.305 e. The number of carbonyl (C=O) groups is 7. The van der Waals surface area contributed by atoms with Crippen LogP contribution < -0.4 is 49.1 Å². The maximum absolute atomic E-state index is 13.2. The minimum absolute atomic E-state index is 0.0652. The predicted octanol–water partition coefficient (Wildman–Crippen LogP) is -5.24. The molecule has 13 N–H and O–H groups in total. The Morgan fingerprint density at radius 2 is 1.43 bits per heavy atom. The monoisotopic (exact) mass is 616 g/mol. The summed E-state index contributed by atoms with van der Waals surface area (Å²) in [5.41, 5.74) is 16.2. The molecule has 0 aliphatic carbocycles. The standard InChI is InChI=1S/C23H40N10O8S/c24-12(11-42)19(38)27-6-2-1-4-14-22(41)33-13(5-3-7-28-23(25)26)20(39)29-10-17(35)32-15(8-18(36)37)21(40)30-9-16(34)31-14/h12-15,42H,1-11,24H2,(H,27,38)(H,29,39)(H,30,40)(H,31,34)(H,32,35)(H,33,41)(H,36,37)(H4,25,26,28)/t12-,13+,14+,15+/m1/s1. The van der Waals surface area contributed by atoms with Gasteiger partial charge in [0.1, 0.15) is 18.1 Å². The van der Waals surface area contributed by atoms with Gasteiger partial charge in [-0.1, -0.05) is 0 Å². The van der Waals surface area contributed by atoms with Crippen molar-refractivity contribution < 1.29 is 38.7 Å². The lowest BCUT2D eigenvalue weighted by Crippen LogP contribution is -2.55. The van der Waals surface area contributed by atoms with Gasteiger partial charge in [0.25, 0.3) is 0 Å². The van der Waals surface area contributed by atoms with Gasteiger partial charge in [-0.15, -0.1) is 0 Å². The van der Waals surface area contributed by atoms with E-state index in [1.165, 1.54) is 0 Å². The van der Waals surface area contributed by atoms with Gasteiger partial charge in [-0.2, -0.15) is 12.6 Å². The highest BCUT2D eigenvalue weighted by atomic mass is 32.1. The van der Waals surface area contributed by atoms with Crippen LogP contribution in [0, 0.1) is 0 Å². The first-order valence-corrected chi connectivity index (χ1v) is 13.8. The van der Waals surface area contributed by atoms with Gasteiger partial charge in [-0.3, -0.25) is 38.6 Å². The molecule has 0 aromatic heterocycles. The van der Waals surface area contributed by atoms with Gasteiger partial charge in [0.15, 0.2) is 5.96 Å². The summed E-state index contributed by atoms with van der Waals surface area (Å²) in [7, 11) is 0. The number of unbranched alkanes of at least 4 members (excludes halogenated alkanes) is 1. The fourth-order valence-electron chi connectivity index (χ4n) is 3.67. The van der Waals surface area contributed by atoms with Gasteiger partial charge in [0.2, 0.25) is 35.4 Å². The highest BCUT2D eigenvalue weighted by Gasteiger charge is 2.29. The minimum atomic E-state index is -1.53. The van der Waals surface area contributed by atoms with Gasteiger partial charge in [-0.05, 0) is 32.1 Å². The molecule has 0 radical (unpaired) electrons. The molecule has 1 fully saturated rings. The van der Waals surface area contributed by atoms with Gasteiger partial charge < -0.3 is 54.2 Å². The first kappa shape index (κ1) is 35.9. The van der Waals surface area contributed by atoms with Crippen molar-refractivity contribution in [1.29, 1.82) is 0 Å². The molecule has 19 heteroatoms. The molecule has 6 amide bonds. The number of nitrogens with zero attached hydrogens (tertiary/aromatic N) is 1. The Balaban J connectivity index is 3.08. The molecular weight excluding hydrogens is 576 g/mol. The molecule has 0 saturated carbocycles. The largest absolute Gasteiger partial charge is 0.481 e. The molecule has 1 rings (SSSR count). The van der Waals surface area contributed by atoms with Crippen molar-refractivity contribution in [2.75, 3.05) is 31.9 Å². The van der Waals surface area contributed by atoms with Crippen LogP contribution in [0.3, 0.4) is 0 Å². The van der Waals surface area contributed by atoms with Crippen LogP contribution in [0.5, 0.6) is 0 Å². The van der Waals surface area contributed by atoms with Crippen molar-refractivity contribution in [2.45, 2.75) is 62.7 Å². The molecule has 18 nitrogen and oxygen atoms in total. The Hall–Kier alpha value is -4.13. The second-order valence-corrected chi connectivity index (χ2v) is 9.72. The van der Waals surface area contributed by atoms with Crippen LogP contribution >= 0.6 is 12.6 Å². The molecule has 1 heterocycles. The fourth-order valence-corrected chi connectivity index (χ4v) is 3.83. The van der Waals surface area contributed by atoms with Crippen molar-refractivity contribution in [3.63, 3.8) is 0 Å². The number of thiol groups is 1. The lowest BCUT2D eigenvalue weighted by Gasteiger charge is -2.23. The summed E-state index contributed by atoms with van der Waals surface area (Å²) in [4.78, 5) is 90.4. The molecule has 0 bridgehead atoms. The van der Waals surface area contributed by atoms with Crippen molar-refractivity contribution in [3.8, 4) is 0 Å². The zero-order valence-electron chi connectivity index (χ0n) is 23.0. The van der Waals surface area contributed by atoms with E-state index in [9.17, 15) is 33.6 Å². The maximum atomic E-state index is 13.2. The molecule has 1 saturated heterocycles. The number of aliphatic carboxylic acids is 1. The van der Waals surface area contributed by atoms with E-state index in [0.717, 1.165) is 0 Å². The second-order valence-electron chi connectivity index (χ2n) is 9.36. The molecular formula is C23H40N10O8S. The average molecular weight is 617 g/mol. The van der Waals surface area contributed by atoms with E-state index < -0.39 is 79.2 Å². The number of carbonyl (C=O) groups excluding carboxylic acids is 6. The third-order valence-corrected chi connectivity index (χ3v) is 6.25. The highest BCUT2D eigenvalue weighted by Crippen LogP contribution is 2.05. The van der Waals surface area contributed by atoms with Crippen LogP contribution in [0.15, 0.2) is 4.99 Å². The molecule has 4 atom stereocenters. The molecule has 0 aromatic carbocycles. The number of hydrogen-bond acceptors (Lipinski definition) is 10. The van der Waals surface area contributed by atoms with Crippen molar-refractivity contribution >= 4 is 60.0 Å². The number of amides is 6. The van der Waals surface area contributed by atoms with Gasteiger partial charge in [0, 0.05) is 18.8 Å². The quantitative estimate of drug-likeness (QED) is 0.0402. The molecule has 1 aliphatic rings. The topological polar surface area (TPSA) is 302 Å². The van der Waals surface area contributed by atoms with E-state index in [1.54, 1.807) is 0 Å². The van der Waals surface area contributed by atoms with Gasteiger partial charge in [0.05, 0.1) is 25.6 Å². The number of carboxylic acids is 1. The summed E-state index contributed by atoms with van der Waals surface area (Å²) in [5, 5.41) is 23.6. The Morgan fingerprint density at radius 1 is 0.881 bits per heavy atom. The predicted molar refractivity (Wildman–Crippen MR) is 153 cm³/mol. The molecule has 0 unspecified atom stereocenters. The van der Waals surface area contributed by atoms with Crippen LogP contribution in [0.1, 0.15) is 38.5 Å². The normalized spacial score (nSPS) is 21.2. The number of hydrogen-bond donors (Lipinski definition) is 11.